The summed E-state index contributed by atoms with van der Waals surface area (Å²) < 4.78 is 5.26. The molecule has 2 aromatic heterocycles. The van der Waals surface area contributed by atoms with Gasteiger partial charge in [-0.05, 0) is 12.1 Å². The van der Waals surface area contributed by atoms with Gasteiger partial charge in [-0.3, -0.25) is 10.1 Å². The van der Waals surface area contributed by atoms with Crippen molar-refractivity contribution in [1.82, 2.24) is 4.98 Å². The molecule has 0 atom stereocenters. The molecule has 20 heavy (non-hydrogen) atoms. The number of rotatable bonds is 3. The van der Waals surface area contributed by atoms with Crippen LogP contribution in [0.1, 0.15) is 30.4 Å². The maximum absolute atomic E-state index is 12.4. The Kier molecular flexibility index (Phi) is 3.63. The van der Waals surface area contributed by atoms with Crippen molar-refractivity contribution in [3.05, 3.63) is 23.3 Å². The van der Waals surface area contributed by atoms with E-state index in [4.69, 9.17) is 9.52 Å². The summed E-state index contributed by atoms with van der Waals surface area (Å²) in [7, 11) is 0. The molecular weight excluding hydrogens is 280 g/mol. The van der Waals surface area contributed by atoms with Crippen LogP contribution in [-0.4, -0.2) is 22.0 Å². The van der Waals surface area contributed by atoms with Gasteiger partial charge in [-0.25, -0.2) is 9.78 Å². The average Bonchev–Trinajstić information content (AvgIpc) is 2.93. The van der Waals surface area contributed by atoms with Crippen molar-refractivity contribution in [2.24, 2.45) is 5.41 Å². The summed E-state index contributed by atoms with van der Waals surface area (Å²) >= 11 is 1.01. The van der Waals surface area contributed by atoms with E-state index in [2.05, 4.69) is 10.3 Å². The summed E-state index contributed by atoms with van der Waals surface area (Å²) in [5.74, 6) is 0.326. The standard InChI is InChI=1S/C13H14N2O4S/c1-13(2,3)10(16)9-8(7-5-4-6-19-7)14-11(20-9)15-12(17)18/h4-6H,1-3H3,(H,14,15)(H,17,18). The van der Waals surface area contributed by atoms with Gasteiger partial charge in [0.25, 0.3) is 0 Å². The van der Waals surface area contributed by atoms with Gasteiger partial charge in [-0.1, -0.05) is 32.1 Å². The van der Waals surface area contributed by atoms with Crippen LogP contribution in [-0.2, 0) is 0 Å². The first-order valence-electron chi connectivity index (χ1n) is 5.88. The molecule has 106 valence electrons. The molecule has 0 bridgehead atoms. The molecule has 0 radical (unpaired) electrons. The van der Waals surface area contributed by atoms with Gasteiger partial charge in [0.05, 0.1) is 6.26 Å². The highest BCUT2D eigenvalue weighted by Gasteiger charge is 2.30. The summed E-state index contributed by atoms with van der Waals surface area (Å²) in [5, 5.41) is 11.1. The van der Waals surface area contributed by atoms with E-state index in [1.807, 2.05) is 0 Å². The lowest BCUT2D eigenvalue weighted by Gasteiger charge is -2.15. The Morgan fingerprint density at radius 2 is 2.10 bits per heavy atom. The van der Waals surface area contributed by atoms with E-state index in [0.717, 1.165) is 11.3 Å². The summed E-state index contributed by atoms with van der Waals surface area (Å²) in [6.07, 6.45) is 0.254. The van der Waals surface area contributed by atoms with Crippen LogP contribution in [0.2, 0.25) is 0 Å². The minimum atomic E-state index is -1.22. The number of furan rings is 1. The molecule has 0 unspecified atom stereocenters. The molecule has 2 aromatic rings. The van der Waals surface area contributed by atoms with Gasteiger partial charge in [0, 0.05) is 5.41 Å². The summed E-state index contributed by atoms with van der Waals surface area (Å²) in [6.45, 7) is 5.39. The third-order valence-corrected chi connectivity index (χ3v) is 3.45. The van der Waals surface area contributed by atoms with Crippen LogP contribution in [0.5, 0.6) is 0 Å². The molecule has 1 amide bonds. The van der Waals surface area contributed by atoms with E-state index in [1.165, 1.54) is 6.26 Å². The third-order valence-electron chi connectivity index (χ3n) is 2.48. The largest absolute Gasteiger partial charge is 0.465 e. The fourth-order valence-corrected chi connectivity index (χ4v) is 2.65. The molecule has 0 aliphatic heterocycles. The predicted molar refractivity (Wildman–Crippen MR) is 75.2 cm³/mol. The summed E-state index contributed by atoms with van der Waals surface area (Å²) in [5.41, 5.74) is -0.224. The number of carbonyl (C=O) groups excluding carboxylic acids is 1. The molecule has 0 aromatic carbocycles. The minimum absolute atomic E-state index is 0.111. The molecule has 7 heteroatoms. The predicted octanol–water partition coefficient (Wildman–Crippen LogP) is 3.72. The number of nitrogens with one attached hydrogen (secondary N) is 1. The molecule has 0 spiro atoms. The SMILES string of the molecule is CC(C)(C)C(=O)c1sc(NC(=O)O)nc1-c1ccco1. The van der Waals surface area contributed by atoms with Gasteiger partial charge in [-0.15, -0.1) is 0 Å². The first-order valence-corrected chi connectivity index (χ1v) is 6.70. The number of hydrogen-bond acceptors (Lipinski definition) is 5. The van der Waals surface area contributed by atoms with E-state index in [0.29, 0.717) is 16.3 Å². The fraction of sp³-hybridized carbons (Fsp3) is 0.308. The van der Waals surface area contributed by atoms with Crippen molar-refractivity contribution < 1.29 is 19.1 Å². The first-order chi connectivity index (χ1) is 9.29. The maximum Gasteiger partial charge on any atom is 0.410 e. The average molecular weight is 294 g/mol. The van der Waals surface area contributed by atoms with Crippen LogP contribution in [0.15, 0.2) is 22.8 Å². The van der Waals surface area contributed by atoms with Crippen molar-refractivity contribution in [2.75, 3.05) is 5.32 Å². The van der Waals surface area contributed by atoms with Crippen molar-refractivity contribution in [3.8, 4) is 11.5 Å². The Morgan fingerprint density at radius 1 is 1.40 bits per heavy atom. The number of hydrogen-bond donors (Lipinski definition) is 2. The number of thiazole rings is 1. The van der Waals surface area contributed by atoms with Gasteiger partial charge in [0.15, 0.2) is 16.7 Å². The molecule has 0 aliphatic carbocycles. The van der Waals surface area contributed by atoms with Gasteiger partial charge in [0.2, 0.25) is 0 Å². The second-order valence-electron chi connectivity index (χ2n) is 5.18. The van der Waals surface area contributed by atoms with Gasteiger partial charge >= 0.3 is 6.09 Å². The van der Waals surface area contributed by atoms with Gasteiger partial charge in [-0.2, -0.15) is 0 Å². The number of Topliss-reactive ketones (excluding diaryl/α,β-unsaturated/α-hetero) is 1. The van der Waals surface area contributed by atoms with E-state index < -0.39 is 11.5 Å². The smallest absolute Gasteiger partial charge is 0.410 e. The molecule has 2 rings (SSSR count). The second kappa shape index (κ2) is 5.09. The van der Waals surface area contributed by atoms with E-state index in [-0.39, 0.29) is 10.9 Å². The van der Waals surface area contributed by atoms with E-state index in [9.17, 15) is 9.59 Å². The molecule has 2 heterocycles. The van der Waals surface area contributed by atoms with Crippen LogP contribution in [0.25, 0.3) is 11.5 Å². The highest BCUT2D eigenvalue weighted by atomic mass is 32.1. The molecule has 0 saturated heterocycles. The molecule has 6 nitrogen and oxygen atoms in total. The Bertz CT molecular complexity index is 638. The Morgan fingerprint density at radius 3 is 2.60 bits per heavy atom. The van der Waals surface area contributed by atoms with Crippen molar-refractivity contribution in [2.45, 2.75) is 20.8 Å². The molecule has 2 N–H and O–H groups in total. The monoisotopic (exact) mass is 294 g/mol. The lowest BCUT2D eigenvalue weighted by molar-refractivity contribution is 0.0863. The van der Waals surface area contributed by atoms with Gasteiger partial charge < -0.3 is 9.52 Å². The summed E-state index contributed by atoms with van der Waals surface area (Å²) in [6, 6.07) is 3.36. The maximum atomic E-state index is 12.4. The number of ketones is 1. The molecular formula is C13H14N2O4S. The molecule has 0 aliphatic rings. The van der Waals surface area contributed by atoms with E-state index in [1.54, 1.807) is 32.9 Å². The number of carboxylic acid groups (broad SMARTS) is 1. The topological polar surface area (TPSA) is 92.4 Å². The lowest BCUT2D eigenvalue weighted by atomic mass is 9.89. The molecule has 0 fully saturated rings. The zero-order valence-electron chi connectivity index (χ0n) is 11.3. The lowest BCUT2D eigenvalue weighted by Crippen LogP contribution is -2.19. The van der Waals surface area contributed by atoms with Crippen molar-refractivity contribution in [3.63, 3.8) is 0 Å². The Labute approximate surface area is 119 Å². The van der Waals surface area contributed by atoms with Crippen LogP contribution in [0, 0.1) is 5.41 Å². The Hall–Kier alpha value is -2.15. The quantitative estimate of drug-likeness (QED) is 0.841. The summed E-state index contributed by atoms with van der Waals surface area (Å²) in [4.78, 5) is 27.6. The van der Waals surface area contributed by atoms with E-state index >= 15 is 0 Å². The van der Waals surface area contributed by atoms with Crippen LogP contribution in [0.4, 0.5) is 9.93 Å². The number of carbonyl (C=O) groups is 2. The third kappa shape index (κ3) is 2.88. The first kappa shape index (κ1) is 14.3. The van der Waals surface area contributed by atoms with Crippen LogP contribution in [0.3, 0.4) is 0 Å². The normalized spacial score (nSPS) is 11.3. The van der Waals surface area contributed by atoms with Crippen LogP contribution >= 0.6 is 11.3 Å². The number of nitrogens with zero attached hydrogens (tertiary/aromatic N) is 1. The van der Waals surface area contributed by atoms with Crippen molar-refractivity contribution >= 4 is 28.3 Å². The van der Waals surface area contributed by atoms with Crippen molar-refractivity contribution in [1.29, 1.82) is 0 Å². The number of anilines is 1. The minimum Gasteiger partial charge on any atom is -0.465 e. The second-order valence-corrected chi connectivity index (χ2v) is 6.18. The van der Waals surface area contributed by atoms with Gasteiger partial charge in [0.1, 0.15) is 10.6 Å². The zero-order chi connectivity index (χ0) is 14.9. The highest BCUT2D eigenvalue weighted by Crippen LogP contribution is 2.35. The fourth-order valence-electron chi connectivity index (χ4n) is 1.54. The van der Waals surface area contributed by atoms with Crippen LogP contribution < -0.4 is 5.32 Å². The highest BCUT2D eigenvalue weighted by molar-refractivity contribution is 7.18. The molecule has 0 saturated carbocycles. The zero-order valence-corrected chi connectivity index (χ0v) is 12.1. The number of amides is 1. The number of aromatic nitrogens is 1. The Balaban J connectivity index is 2.51.